The molecule has 1 aliphatic rings. The van der Waals surface area contributed by atoms with Crippen molar-refractivity contribution in [3.8, 4) is 0 Å². The van der Waals surface area contributed by atoms with Crippen molar-refractivity contribution in [3.63, 3.8) is 0 Å². The molecule has 1 unspecified atom stereocenters. The summed E-state index contributed by atoms with van der Waals surface area (Å²) in [4.78, 5) is 0. The predicted molar refractivity (Wildman–Crippen MR) is 41.7 cm³/mol. The van der Waals surface area contributed by atoms with Crippen molar-refractivity contribution in [1.82, 2.24) is 14.9 Å². The normalized spacial score (nSPS) is 21.8. The van der Waals surface area contributed by atoms with Crippen LogP contribution in [0.15, 0.2) is 5.10 Å². The van der Waals surface area contributed by atoms with Crippen LogP contribution in [0.4, 0.5) is 0 Å². The number of aromatic nitrogens is 3. The largest absolute Gasteiger partial charge is 0.202 e. The van der Waals surface area contributed by atoms with Crippen molar-refractivity contribution >= 4 is 6.21 Å². The summed E-state index contributed by atoms with van der Waals surface area (Å²) < 4.78 is 1.80. The zero-order valence-corrected chi connectivity index (χ0v) is 6.65. The van der Waals surface area contributed by atoms with Crippen molar-refractivity contribution in [2.24, 2.45) is 5.10 Å². The molecule has 1 atom stereocenters. The highest BCUT2D eigenvalue weighted by Crippen LogP contribution is 2.19. The fourth-order valence-corrected chi connectivity index (χ4v) is 1.22. The van der Waals surface area contributed by atoms with E-state index in [-0.39, 0.29) is 0 Å². The van der Waals surface area contributed by atoms with E-state index in [4.69, 9.17) is 0 Å². The van der Waals surface area contributed by atoms with Gasteiger partial charge in [-0.3, -0.25) is 0 Å². The third-order valence-corrected chi connectivity index (χ3v) is 1.92. The van der Waals surface area contributed by atoms with Crippen LogP contribution in [0.5, 0.6) is 0 Å². The van der Waals surface area contributed by atoms with E-state index in [0.29, 0.717) is 5.92 Å². The summed E-state index contributed by atoms with van der Waals surface area (Å²) in [5.41, 5.74) is 0. The highest BCUT2D eigenvalue weighted by atomic mass is 15.5. The minimum absolute atomic E-state index is 0.452. The summed E-state index contributed by atoms with van der Waals surface area (Å²) in [6.45, 7) is 4.04. The highest BCUT2D eigenvalue weighted by molar-refractivity contribution is 5.59. The van der Waals surface area contributed by atoms with E-state index in [1.54, 1.807) is 4.68 Å². The molecule has 11 heavy (non-hydrogen) atoms. The van der Waals surface area contributed by atoms with Gasteiger partial charge in [0.2, 0.25) is 0 Å². The molecule has 0 fully saturated rings. The zero-order valence-electron chi connectivity index (χ0n) is 6.65. The Kier molecular flexibility index (Phi) is 1.27. The molecule has 0 saturated carbocycles. The van der Waals surface area contributed by atoms with Gasteiger partial charge in [0, 0.05) is 12.1 Å². The summed E-state index contributed by atoms with van der Waals surface area (Å²) in [5.74, 6) is 2.29. The molecule has 58 valence electrons. The molecule has 1 aromatic rings. The monoisotopic (exact) mass is 150 g/mol. The lowest BCUT2D eigenvalue weighted by atomic mass is 10.1. The van der Waals surface area contributed by atoms with Gasteiger partial charge in [-0.25, -0.2) is 4.68 Å². The van der Waals surface area contributed by atoms with E-state index in [2.05, 4.69) is 22.2 Å². The Labute approximate surface area is 64.9 Å². The molecule has 0 aromatic carbocycles. The van der Waals surface area contributed by atoms with Gasteiger partial charge in [0.1, 0.15) is 0 Å². The van der Waals surface area contributed by atoms with Crippen molar-refractivity contribution in [2.45, 2.75) is 26.2 Å². The molecule has 0 aliphatic carbocycles. The standard InChI is InChI=1S/C7H10N4/c1-5-3-4-8-11-6(2)9-10-7(5)11/h4-5H,3H2,1-2H3. The Hall–Kier alpha value is -1.19. The topological polar surface area (TPSA) is 43.1 Å². The molecule has 2 rings (SSSR count). The van der Waals surface area contributed by atoms with Crippen LogP contribution in [0.2, 0.25) is 0 Å². The van der Waals surface area contributed by atoms with Crippen LogP contribution in [0.25, 0.3) is 0 Å². The molecule has 2 heterocycles. The van der Waals surface area contributed by atoms with Crippen LogP contribution >= 0.6 is 0 Å². The molecule has 1 aliphatic heterocycles. The summed E-state index contributed by atoms with van der Waals surface area (Å²) in [7, 11) is 0. The second kappa shape index (κ2) is 2.15. The van der Waals surface area contributed by atoms with Gasteiger partial charge in [0.05, 0.1) is 0 Å². The van der Waals surface area contributed by atoms with E-state index in [0.717, 1.165) is 18.1 Å². The molecule has 4 nitrogen and oxygen atoms in total. The second-order valence-corrected chi connectivity index (χ2v) is 2.85. The third-order valence-electron chi connectivity index (χ3n) is 1.92. The maximum atomic E-state index is 4.17. The van der Waals surface area contributed by atoms with Gasteiger partial charge in [-0.05, 0) is 13.3 Å². The number of nitrogens with zero attached hydrogens (tertiary/aromatic N) is 4. The minimum Gasteiger partial charge on any atom is -0.202 e. The summed E-state index contributed by atoms with van der Waals surface area (Å²) in [5, 5.41) is 12.2. The number of aryl methyl sites for hydroxylation is 1. The Morgan fingerprint density at radius 2 is 2.36 bits per heavy atom. The molecule has 0 saturated heterocycles. The van der Waals surface area contributed by atoms with Crippen molar-refractivity contribution < 1.29 is 0 Å². The molecule has 0 radical (unpaired) electrons. The molecule has 0 N–H and O–H groups in total. The average molecular weight is 150 g/mol. The number of hydrogen-bond donors (Lipinski definition) is 0. The van der Waals surface area contributed by atoms with Gasteiger partial charge in [0.25, 0.3) is 0 Å². The molecular formula is C7H10N4. The molecule has 4 heteroatoms. The molecular weight excluding hydrogens is 140 g/mol. The summed E-state index contributed by atoms with van der Waals surface area (Å²) >= 11 is 0. The molecule has 1 aromatic heterocycles. The SMILES string of the molecule is Cc1nnc2n1N=CCC2C. The molecule has 0 spiro atoms. The van der Waals surface area contributed by atoms with Gasteiger partial charge < -0.3 is 0 Å². The van der Waals surface area contributed by atoms with Gasteiger partial charge in [-0.1, -0.05) is 6.92 Å². The van der Waals surface area contributed by atoms with E-state index < -0.39 is 0 Å². The van der Waals surface area contributed by atoms with Gasteiger partial charge in [-0.15, -0.1) is 10.2 Å². The lowest BCUT2D eigenvalue weighted by Crippen LogP contribution is -2.09. The molecule has 0 bridgehead atoms. The lowest BCUT2D eigenvalue weighted by molar-refractivity contribution is 0.638. The van der Waals surface area contributed by atoms with Crippen LogP contribution in [-0.2, 0) is 0 Å². The minimum atomic E-state index is 0.452. The first kappa shape index (κ1) is 6.52. The zero-order chi connectivity index (χ0) is 7.84. The van der Waals surface area contributed by atoms with Crippen molar-refractivity contribution in [1.29, 1.82) is 0 Å². The number of fused-ring (bicyclic) bond motifs is 1. The quantitative estimate of drug-likeness (QED) is 0.552. The van der Waals surface area contributed by atoms with E-state index >= 15 is 0 Å². The van der Waals surface area contributed by atoms with Crippen molar-refractivity contribution in [2.75, 3.05) is 0 Å². The van der Waals surface area contributed by atoms with Crippen LogP contribution in [0.3, 0.4) is 0 Å². The van der Waals surface area contributed by atoms with Crippen LogP contribution < -0.4 is 0 Å². The maximum absolute atomic E-state index is 4.17. The Morgan fingerprint density at radius 3 is 3.09 bits per heavy atom. The number of rotatable bonds is 0. The van der Waals surface area contributed by atoms with Gasteiger partial charge >= 0.3 is 0 Å². The second-order valence-electron chi connectivity index (χ2n) is 2.85. The first-order valence-electron chi connectivity index (χ1n) is 3.74. The third kappa shape index (κ3) is 0.859. The average Bonchev–Trinajstić information content (AvgIpc) is 2.35. The Balaban J connectivity index is 2.57. The van der Waals surface area contributed by atoms with E-state index in [1.807, 2.05) is 13.1 Å². The fraction of sp³-hybridized carbons (Fsp3) is 0.571. The van der Waals surface area contributed by atoms with E-state index in [9.17, 15) is 0 Å². The maximum Gasteiger partial charge on any atom is 0.157 e. The predicted octanol–water partition coefficient (Wildman–Crippen LogP) is 0.928. The van der Waals surface area contributed by atoms with Crippen LogP contribution in [-0.4, -0.2) is 21.1 Å². The van der Waals surface area contributed by atoms with Crippen molar-refractivity contribution in [3.05, 3.63) is 11.6 Å². The van der Waals surface area contributed by atoms with Gasteiger partial charge in [0.15, 0.2) is 11.6 Å². The number of hydrogen-bond acceptors (Lipinski definition) is 3. The Bertz CT molecular complexity index is 299. The Morgan fingerprint density at radius 1 is 1.55 bits per heavy atom. The summed E-state index contributed by atoms with van der Waals surface area (Å²) in [6.07, 6.45) is 2.88. The highest BCUT2D eigenvalue weighted by Gasteiger charge is 2.17. The first-order chi connectivity index (χ1) is 5.29. The molecule has 0 amide bonds. The first-order valence-corrected chi connectivity index (χ1v) is 3.74. The fourth-order valence-electron chi connectivity index (χ4n) is 1.22. The summed E-state index contributed by atoms with van der Waals surface area (Å²) in [6, 6.07) is 0. The van der Waals surface area contributed by atoms with Gasteiger partial charge in [-0.2, -0.15) is 5.10 Å². The smallest absolute Gasteiger partial charge is 0.157 e. The van der Waals surface area contributed by atoms with Crippen LogP contribution in [0, 0.1) is 6.92 Å². The van der Waals surface area contributed by atoms with E-state index in [1.165, 1.54) is 0 Å². The van der Waals surface area contributed by atoms with Crippen LogP contribution in [0.1, 0.15) is 30.9 Å². The lowest BCUT2D eigenvalue weighted by Gasteiger charge is -2.11.